The number of hydrogen-bond donors (Lipinski definition) is 2. The number of ketones is 1. The summed E-state index contributed by atoms with van der Waals surface area (Å²) >= 11 is 0. The molecule has 2 rings (SSSR count). The average molecular weight is 396 g/mol. The molecule has 0 saturated heterocycles. The molecule has 0 aromatic heterocycles. The molecule has 1 fully saturated rings. The van der Waals surface area contributed by atoms with Crippen LogP contribution >= 0.6 is 0 Å². The predicted molar refractivity (Wildman–Crippen MR) is 116 cm³/mol. The lowest BCUT2D eigenvalue weighted by atomic mass is 9.98. The Morgan fingerprint density at radius 1 is 0.931 bits per heavy atom. The Hall–Kier alpha value is -2.61. The molecule has 1 aliphatic carbocycles. The second-order valence-electron chi connectivity index (χ2n) is 7.88. The van der Waals surface area contributed by atoms with Gasteiger partial charge in [-0.2, -0.15) is 5.26 Å². The first-order chi connectivity index (χ1) is 14.1. The highest BCUT2D eigenvalue weighted by Crippen LogP contribution is 2.17. The van der Waals surface area contributed by atoms with Crippen LogP contribution in [0.5, 0.6) is 0 Å². The van der Waals surface area contributed by atoms with Crippen LogP contribution in [0, 0.1) is 11.3 Å². The van der Waals surface area contributed by atoms with Gasteiger partial charge in [0.1, 0.15) is 11.6 Å². The van der Waals surface area contributed by atoms with Crippen molar-refractivity contribution in [3.63, 3.8) is 0 Å². The lowest BCUT2D eigenvalue weighted by molar-refractivity contribution is -0.112. The number of Topliss-reactive ketones (excluding diaryl/α,β-unsaturated/α-hetero) is 1. The normalized spacial score (nSPS) is 17.3. The first-order valence-corrected chi connectivity index (χ1v) is 10.9. The Kier molecular flexibility index (Phi) is 9.99. The smallest absolute Gasteiger partial charge is 0.267 e. The molecule has 0 heterocycles. The SMILES string of the molecule is CC(=O)c1ccc(NC(=O)/C(C#N)=C\NC2CCCCCCCCCCC2)cc1. The predicted octanol–water partition coefficient (Wildman–Crippen LogP) is 5.50. The van der Waals surface area contributed by atoms with E-state index >= 15 is 0 Å². The number of anilines is 1. The van der Waals surface area contributed by atoms with Gasteiger partial charge >= 0.3 is 0 Å². The van der Waals surface area contributed by atoms with Crippen LogP contribution in [-0.4, -0.2) is 17.7 Å². The Balaban J connectivity index is 1.92. The number of nitrogens with zero attached hydrogens (tertiary/aromatic N) is 1. The summed E-state index contributed by atoms with van der Waals surface area (Å²) in [6.45, 7) is 1.50. The first-order valence-electron chi connectivity index (χ1n) is 10.9. The second-order valence-corrected chi connectivity index (χ2v) is 7.88. The number of amides is 1. The zero-order chi connectivity index (χ0) is 20.9. The van der Waals surface area contributed by atoms with Crippen LogP contribution in [0.15, 0.2) is 36.0 Å². The van der Waals surface area contributed by atoms with Crippen LogP contribution in [0.3, 0.4) is 0 Å². The van der Waals surface area contributed by atoms with Gasteiger partial charge in [0, 0.05) is 23.5 Å². The molecular formula is C24H33N3O2. The molecule has 0 spiro atoms. The maximum absolute atomic E-state index is 12.4. The summed E-state index contributed by atoms with van der Waals surface area (Å²) in [5.41, 5.74) is 1.21. The molecule has 156 valence electrons. The van der Waals surface area contributed by atoms with Gasteiger partial charge in [0.15, 0.2) is 5.78 Å². The summed E-state index contributed by atoms with van der Waals surface area (Å²) in [6, 6.07) is 8.97. The maximum atomic E-state index is 12.4. The molecule has 5 heteroatoms. The van der Waals surface area contributed by atoms with E-state index in [1.807, 2.05) is 6.07 Å². The lowest BCUT2D eigenvalue weighted by Gasteiger charge is -2.18. The van der Waals surface area contributed by atoms with Gasteiger partial charge < -0.3 is 10.6 Å². The molecule has 0 radical (unpaired) electrons. The van der Waals surface area contributed by atoms with Crippen molar-refractivity contribution in [3.05, 3.63) is 41.6 Å². The molecule has 5 nitrogen and oxygen atoms in total. The van der Waals surface area contributed by atoms with Crippen molar-refractivity contribution in [2.24, 2.45) is 0 Å². The van der Waals surface area contributed by atoms with E-state index in [2.05, 4.69) is 10.6 Å². The van der Waals surface area contributed by atoms with Crippen molar-refractivity contribution in [2.75, 3.05) is 5.32 Å². The standard InChI is InChI=1S/C24H33N3O2/c1-19(28)20-13-15-23(16-14-20)27-24(29)21(17-25)18-26-22-11-9-7-5-3-2-4-6-8-10-12-22/h13-16,18,22,26H,2-12H2,1H3,(H,27,29)/b21-18-. The number of carbonyl (C=O) groups is 2. The number of nitrogens with one attached hydrogen (secondary N) is 2. The molecule has 1 amide bonds. The third-order valence-electron chi connectivity index (χ3n) is 5.48. The maximum Gasteiger partial charge on any atom is 0.267 e. The summed E-state index contributed by atoms with van der Waals surface area (Å²) < 4.78 is 0. The quantitative estimate of drug-likeness (QED) is 0.392. The zero-order valence-corrected chi connectivity index (χ0v) is 17.5. The minimum Gasteiger partial charge on any atom is -0.387 e. The van der Waals surface area contributed by atoms with Gasteiger partial charge in [0.2, 0.25) is 0 Å². The summed E-state index contributed by atoms with van der Waals surface area (Å²) in [5.74, 6) is -0.467. The Morgan fingerprint density at radius 3 is 1.93 bits per heavy atom. The molecule has 2 N–H and O–H groups in total. The number of carbonyl (C=O) groups excluding carboxylic acids is 2. The van der Waals surface area contributed by atoms with Gasteiger partial charge in [-0.1, -0.05) is 57.8 Å². The van der Waals surface area contributed by atoms with E-state index in [-0.39, 0.29) is 11.4 Å². The van der Waals surface area contributed by atoms with E-state index in [1.165, 1.54) is 64.7 Å². The third kappa shape index (κ3) is 8.51. The van der Waals surface area contributed by atoms with Gasteiger partial charge in [-0.15, -0.1) is 0 Å². The highest BCUT2D eigenvalue weighted by molar-refractivity contribution is 6.06. The topological polar surface area (TPSA) is 82.0 Å². The van der Waals surface area contributed by atoms with Crippen molar-refractivity contribution in [3.8, 4) is 6.07 Å². The Labute approximate surface area is 174 Å². The van der Waals surface area contributed by atoms with E-state index in [4.69, 9.17) is 0 Å². The van der Waals surface area contributed by atoms with E-state index in [9.17, 15) is 14.9 Å². The average Bonchev–Trinajstić information content (AvgIpc) is 2.70. The zero-order valence-electron chi connectivity index (χ0n) is 17.5. The number of nitriles is 1. The molecule has 1 aliphatic rings. The molecule has 0 aliphatic heterocycles. The van der Waals surface area contributed by atoms with Crippen LogP contribution in [-0.2, 0) is 4.79 Å². The highest BCUT2D eigenvalue weighted by atomic mass is 16.1. The van der Waals surface area contributed by atoms with Crippen molar-refractivity contribution < 1.29 is 9.59 Å². The Morgan fingerprint density at radius 2 is 1.45 bits per heavy atom. The second kappa shape index (κ2) is 12.8. The number of hydrogen-bond acceptors (Lipinski definition) is 4. The van der Waals surface area contributed by atoms with E-state index in [0.717, 1.165) is 12.8 Å². The number of rotatable bonds is 5. The fourth-order valence-corrected chi connectivity index (χ4v) is 3.67. The van der Waals surface area contributed by atoms with Crippen molar-refractivity contribution in [1.29, 1.82) is 5.26 Å². The van der Waals surface area contributed by atoms with Crippen LogP contribution < -0.4 is 10.6 Å². The van der Waals surface area contributed by atoms with Crippen molar-refractivity contribution in [2.45, 2.75) is 83.6 Å². The van der Waals surface area contributed by atoms with E-state index in [0.29, 0.717) is 17.3 Å². The van der Waals surface area contributed by atoms with E-state index in [1.54, 1.807) is 30.5 Å². The highest BCUT2D eigenvalue weighted by Gasteiger charge is 2.12. The van der Waals surface area contributed by atoms with Gasteiger partial charge in [-0.05, 0) is 44.0 Å². The Bertz CT molecular complexity index is 719. The molecule has 29 heavy (non-hydrogen) atoms. The van der Waals surface area contributed by atoms with Crippen molar-refractivity contribution in [1.82, 2.24) is 5.32 Å². The molecule has 1 aromatic rings. The van der Waals surface area contributed by atoms with Gasteiger partial charge in [-0.3, -0.25) is 9.59 Å². The molecule has 0 bridgehead atoms. The first kappa shape index (κ1) is 22.7. The summed E-state index contributed by atoms with van der Waals surface area (Å²) in [5, 5.41) is 15.5. The van der Waals surface area contributed by atoms with Crippen LogP contribution in [0.2, 0.25) is 0 Å². The summed E-state index contributed by atoms with van der Waals surface area (Å²) in [7, 11) is 0. The number of benzene rings is 1. The molecule has 0 atom stereocenters. The summed E-state index contributed by atoms with van der Waals surface area (Å²) in [4.78, 5) is 23.8. The molecular weight excluding hydrogens is 362 g/mol. The van der Waals surface area contributed by atoms with E-state index < -0.39 is 5.91 Å². The van der Waals surface area contributed by atoms with Gasteiger partial charge in [0.05, 0.1) is 0 Å². The van der Waals surface area contributed by atoms with Crippen LogP contribution in [0.4, 0.5) is 5.69 Å². The largest absolute Gasteiger partial charge is 0.387 e. The minimum absolute atomic E-state index is 0.0262. The van der Waals surface area contributed by atoms with Crippen molar-refractivity contribution >= 4 is 17.4 Å². The van der Waals surface area contributed by atoms with Gasteiger partial charge in [0.25, 0.3) is 5.91 Å². The minimum atomic E-state index is -0.441. The van der Waals surface area contributed by atoms with Crippen LogP contribution in [0.1, 0.15) is 87.9 Å². The molecule has 1 saturated carbocycles. The third-order valence-corrected chi connectivity index (χ3v) is 5.48. The fourth-order valence-electron chi connectivity index (χ4n) is 3.67. The van der Waals surface area contributed by atoms with Crippen LogP contribution in [0.25, 0.3) is 0 Å². The molecule has 0 unspecified atom stereocenters. The monoisotopic (exact) mass is 395 g/mol. The fraction of sp³-hybridized carbons (Fsp3) is 0.542. The molecule has 1 aromatic carbocycles. The summed E-state index contributed by atoms with van der Waals surface area (Å²) in [6.07, 6.45) is 15.2. The lowest BCUT2D eigenvalue weighted by Crippen LogP contribution is -2.26. The van der Waals surface area contributed by atoms with Gasteiger partial charge in [-0.25, -0.2) is 0 Å².